The highest BCUT2D eigenvalue weighted by molar-refractivity contribution is 5.89. The normalized spacial score (nSPS) is 15.4. The lowest BCUT2D eigenvalue weighted by Gasteiger charge is -2.11. The molecule has 0 aliphatic heterocycles. The molecule has 92 valence electrons. The van der Waals surface area contributed by atoms with Gasteiger partial charge in [-0.2, -0.15) is 0 Å². The van der Waals surface area contributed by atoms with Gasteiger partial charge in [-0.05, 0) is 43.9 Å². The van der Waals surface area contributed by atoms with Crippen molar-refractivity contribution in [1.82, 2.24) is 0 Å². The summed E-state index contributed by atoms with van der Waals surface area (Å²) in [5, 5.41) is 0. The van der Waals surface area contributed by atoms with Crippen molar-refractivity contribution in [3.05, 3.63) is 23.3 Å². The Morgan fingerprint density at radius 3 is 2.88 bits per heavy atom. The van der Waals surface area contributed by atoms with Gasteiger partial charge in [0.05, 0.1) is 18.3 Å². The lowest BCUT2D eigenvalue weighted by Crippen LogP contribution is -2.02. The molecule has 0 radical (unpaired) electrons. The van der Waals surface area contributed by atoms with Crippen molar-refractivity contribution in [3.8, 4) is 5.75 Å². The van der Waals surface area contributed by atoms with E-state index in [1.54, 1.807) is 0 Å². The first-order valence-corrected chi connectivity index (χ1v) is 6.26. The van der Waals surface area contributed by atoms with Crippen molar-refractivity contribution in [2.24, 2.45) is 4.99 Å². The van der Waals surface area contributed by atoms with Gasteiger partial charge in [-0.25, -0.2) is 0 Å². The minimum absolute atomic E-state index is 0.523. The van der Waals surface area contributed by atoms with Crippen LogP contribution in [0.4, 0.5) is 5.69 Å². The zero-order valence-corrected chi connectivity index (χ0v) is 10.6. The van der Waals surface area contributed by atoms with E-state index in [4.69, 9.17) is 10.5 Å². The van der Waals surface area contributed by atoms with Crippen LogP contribution in [-0.4, -0.2) is 18.9 Å². The Morgan fingerprint density at radius 1 is 1.47 bits per heavy atom. The molecule has 1 aromatic rings. The number of ether oxygens (including phenoxy) is 1. The molecule has 0 spiro atoms. The molecular formula is C14H20N2O. The molecule has 17 heavy (non-hydrogen) atoms. The fourth-order valence-corrected chi connectivity index (χ4v) is 1.64. The number of benzene rings is 1. The number of aliphatic imine (C=N–C) groups is 1. The summed E-state index contributed by atoms with van der Waals surface area (Å²) in [6.07, 6.45) is 5.29. The third-order valence-corrected chi connectivity index (χ3v) is 2.75. The molecule has 2 rings (SSSR count). The summed E-state index contributed by atoms with van der Waals surface area (Å²) in [5.74, 6) is 0.782. The fourth-order valence-electron chi connectivity index (χ4n) is 1.64. The number of nitrogens with two attached hydrogens (primary N) is 1. The molecular weight excluding hydrogens is 212 g/mol. The maximum absolute atomic E-state index is 6.08. The summed E-state index contributed by atoms with van der Waals surface area (Å²) in [6, 6.07) is 4.56. The highest BCUT2D eigenvalue weighted by atomic mass is 16.5. The Morgan fingerprint density at radius 2 is 2.24 bits per heavy atom. The van der Waals surface area contributed by atoms with E-state index in [0.717, 1.165) is 23.3 Å². The van der Waals surface area contributed by atoms with Crippen molar-refractivity contribution in [3.63, 3.8) is 0 Å². The average Bonchev–Trinajstić information content (AvgIpc) is 3.12. The van der Waals surface area contributed by atoms with Gasteiger partial charge in [0.15, 0.2) is 0 Å². The number of aryl methyl sites for hydroxylation is 1. The number of rotatable bonds is 5. The standard InChI is InChI=1S/C14H20N2O/c1-3-6-17-13-8-10(2)7-11(14(13)15)9-16-12-4-5-12/h7-9,12H,3-6,15H2,1-2H3. The van der Waals surface area contributed by atoms with Crippen LogP contribution < -0.4 is 10.5 Å². The van der Waals surface area contributed by atoms with Crippen molar-refractivity contribution in [2.75, 3.05) is 12.3 Å². The van der Waals surface area contributed by atoms with Crippen molar-refractivity contribution >= 4 is 11.9 Å². The predicted molar refractivity (Wildman–Crippen MR) is 72.0 cm³/mol. The minimum Gasteiger partial charge on any atom is -0.491 e. The Kier molecular flexibility index (Phi) is 3.67. The molecule has 1 saturated carbocycles. The zero-order valence-electron chi connectivity index (χ0n) is 10.6. The van der Waals surface area contributed by atoms with Gasteiger partial charge in [0.25, 0.3) is 0 Å². The number of nitrogens with zero attached hydrogens (tertiary/aromatic N) is 1. The van der Waals surface area contributed by atoms with Gasteiger partial charge in [0, 0.05) is 11.8 Å². The van der Waals surface area contributed by atoms with Gasteiger partial charge in [-0.15, -0.1) is 0 Å². The first-order chi connectivity index (χ1) is 8.20. The molecule has 0 amide bonds. The van der Waals surface area contributed by atoms with Crippen molar-refractivity contribution in [2.45, 2.75) is 39.2 Å². The summed E-state index contributed by atoms with van der Waals surface area (Å²) in [6.45, 7) is 4.83. The Balaban J connectivity index is 2.20. The SMILES string of the molecule is CCCOc1cc(C)cc(C=NC2CC2)c1N. The predicted octanol–water partition coefficient (Wildman–Crippen LogP) is 2.95. The summed E-state index contributed by atoms with van der Waals surface area (Å²) >= 11 is 0. The lowest BCUT2D eigenvalue weighted by atomic mass is 10.1. The second-order valence-electron chi connectivity index (χ2n) is 4.62. The van der Waals surface area contributed by atoms with Gasteiger partial charge in [-0.1, -0.05) is 6.92 Å². The lowest BCUT2D eigenvalue weighted by molar-refractivity contribution is 0.319. The van der Waals surface area contributed by atoms with Crippen molar-refractivity contribution in [1.29, 1.82) is 0 Å². The van der Waals surface area contributed by atoms with E-state index in [1.807, 2.05) is 19.2 Å². The van der Waals surface area contributed by atoms with Gasteiger partial charge < -0.3 is 10.5 Å². The van der Waals surface area contributed by atoms with E-state index in [2.05, 4.69) is 18.0 Å². The number of hydrogen-bond donors (Lipinski definition) is 1. The van der Waals surface area contributed by atoms with Crippen LogP contribution in [0, 0.1) is 6.92 Å². The molecule has 0 saturated heterocycles. The second-order valence-corrected chi connectivity index (χ2v) is 4.62. The molecule has 0 heterocycles. The maximum Gasteiger partial charge on any atom is 0.143 e. The van der Waals surface area contributed by atoms with Crippen LogP contribution >= 0.6 is 0 Å². The van der Waals surface area contributed by atoms with E-state index in [1.165, 1.54) is 12.8 Å². The highest BCUT2D eigenvalue weighted by Crippen LogP contribution is 2.28. The molecule has 1 fully saturated rings. The second kappa shape index (κ2) is 5.21. The maximum atomic E-state index is 6.08. The van der Waals surface area contributed by atoms with Crippen LogP contribution in [0.5, 0.6) is 5.75 Å². The van der Waals surface area contributed by atoms with E-state index < -0.39 is 0 Å². The molecule has 3 nitrogen and oxygen atoms in total. The third kappa shape index (κ3) is 3.22. The molecule has 1 aliphatic rings. The van der Waals surface area contributed by atoms with Gasteiger partial charge in [-0.3, -0.25) is 4.99 Å². The highest BCUT2D eigenvalue weighted by Gasteiger charge is 2.19. The van der Waals surface area contributed by atoms with Crippen molar-refractivity contribution < 1.29 is 4.74 Å². The zero-order chi connectivity index (χ0) is 12.3. The van der Waals surface area contributed by atoms with Crippen LogP contribution in [0.2, 0.25) is 0 Å². The van der Waals surface area contributed by atoms with Crippen LogP contribution in [0.1, 0.15) is 37.3 Å². The molecule has 1 aliphatic carbocycles. The number of nitrogen functional groups attached to an aromatic ring is 1. The van der Waals surface area contributed by atoms with E-state index in [9.17, 15) is 0 Å². The third-order valence-electron chi connectivity index (χ3n) is 2.75. The van der Waals surface area contributed by atoms with Gasteiger partial charge in [0.1, 0.15) is 5.75 Å². The number of anilines is 1. The van der Waals surface area contributed by atoms with Gasteiger partial charge >= 0.3 is 0 Å². The molecule has 0 bridgehead atoms. The Bertz CT molecular complexity index is 422. The molecule has 0 atom stereocenters. The van der Waals surface area contributed by atoms with E-state index in [-0.39, 0.29) is 0 Å². The summed E-state index contributed by atoms with van der Waals surface area (Å²) < 4.78 is 5.64. The molecule has 3 heteroatoms. The van der Waals surface area contributed by atoms with Crippen LogP contribution in [0.15, 0.2) is 17.1 Å². The largest absolute Gasteiger partial charge is 0.491 e. The molecule has 2 N–H and O–H groups in total. The minimum atomic E-state index is 0.523. The summed E-state index contributed by atoms with van der Waals surface area (Å²) in [4.78, 5) is 4.47. The Hall–Kier alpha value is -1.51. The summed E-state index contributed by atoms with van der Waals surface area (Å²) in [7, 11) is 0. The monoisotopic (exact) mass is 232 g/mol. The van der Waals surface area contributed by atoms with Crippen LogP contribution in [0.25, 0.3) is 0 Å². The first-order valence-electron chi connectivity index (χ1n) is 6.26. The fraction of sp³-hybridized carbons (Fsp3) is 0.500. The van der Waals surface area contributed by atoms with Crippen LogP contribution in [0.3, 0.4) is 0 Å². The quantitative estimate of drug-likeness (QED) is 0.626. The van der Waals surface area contributed by atoms with Gasteiger partial charge in [0.2, 0.25) is 0 Å². The number of hydrogen-bond acceptors (Lipinski definition) is 3. The molecule has 0 aromatic heterocycles. The van der Waals surface area contributed by atoms with E-state index in [0.29, 0.717) is 18.3 Å². The molecule has 1 aromatic carbocycles. The van der Waals surface area contributed by atoms with Crippen LogP contribution in [-0.2, 0) is 0 Å². The Labute approximate surface area is 103 Å². The molecule has 0 unspecified atom stereocenters. The average molecular weight is 232 g/mol. The smallest absolute Gasteiger partial charge is 0.143 e. The van der Waals surface area contributed by atoms with E-state index >= 15 is 0 Å². The summed E-state index contributed by atoms with van der Waals surface area (Å²) in [5.41, 5.74) is 8.92. The first kappa shape index (κ1) is 12.0. The topological polar surface area (TPSA) is 47.6 Å².